The minimum atomic E-state index is -5.62. The molecule has 0 aliphatic carbocycles. The second kappa shape index (κ2) is 38.1. The van der Waals surface area contributed by atoms with Gasteiger partial charge in [0.1, 0.15) is 0 Å². The molecule has 55 heavy (non-hydrogen) atoms. The Labute approximate surface area is 364 Å². The van der Waals surface area contributed by atoms with Gasteiger partial charge in [0.25, 0.3) is 0 Å². The van der Waals surface area contributed by atoms with Gasteiger partial charge in [-0.05, 0) is 26.7 Å². The number of rotatable bonds is 24. The SMILES string of the molecule is CCOP(=O)(OCC)OCCOS(=O)(=O)[O-].O=P(F)(F)OCCCS(=O)(=O)[O-].O=P(F)(F)OCCOS(=O)(=O)[O-].O=S([O-])CCCOP(=O)(F)F.[Li+].[Li+].[Li+].[Li+]. The molecule has 0 aromatic heterocycles. The van der Waals surface area contributed by atoms with Crippen molar-refractivity contribution in [2.45, 2.75) is 26.7 Å². The van der Waals surface area contributed by atoms with Gasteiger partial charge in [-0.25, -0.2) is 43.5 Å². The van der Waals surface area contributed by atoms with Crippen LogP contribution in [0.15, 0.2) is 0 Å². The average molecular weight is 960 g/mol. The van der Waals surface area contributed by atoms with Crippen LogP contribution in [0.1, 0.15) is 26.7 Å². The fraction of sp³-hybridized carbons (Fsp3) is 1.00. The summed E-state index contributed by atoms with van der Waals surface area (Å²) in [6, 6.07) is 0. The summed E-state index contributed by atoms with van der Waals surface area (Å²) in [4.78, 5) is 0. The third-order valence-electron chi connectivity index (χ3n) is 3.16. The Morgan fingerprint density at radius 3 is 1.11 bits per heavy atom. The number of hydrogen-bond acceptors (Lipinski definition) is 23. The third-order valence-corrected chi connectivity index (χ3v) is 8.58. The molecule has 1 atom stereocenters. The second-order valence-electron chi connectivity index (χ2n) is 7.30. The molecule has 0 fully saturated rings. The van der Waals surface area contributed by atoms with Crippen LogP contribution in [0.2, 0.25) is 0 Å². The molecule has 0 radical (unpaired) electrons. The summed E-state index contributed by atoms with van der Waals surface area (Å²) in [5.41, 5.74) is 0. The van der Waals surface area contributed by atoms with Gasteiger partial charge in [-0.15, -0.1) is 25.2 Å². The maximum absolute atomic E-state index is 11.6. The molecule has 41 heteroatoms. The van der Waals surface area contributed by atoms with Crippen molar-refractivity contribution in [3.05, 3.63) is 0 Å². The van der Waals surface area contributed by atoms with Crippen LogP contribution < -0.4 is 75.4 Å². The van der Waals surface area contributed by atoms with E-state index >= 15 is 0 Å². The van der Waals surface area contributed by atoms with Gasteiger partial charge in [0.15, 0.2) is 0 Å². The van der Waals surface area contributed by atoms with E-state index in [0.29, 0.717) is 0 Å². The molecule has 0 bridgehead atoms. The molecule has 0 aliphatic rings. The molecule has 0 N–H and O–H groups in total. The van der Waals surface area contributed by atoms with Gasteiger partial charge in [0.05, 0.1) is 63.0 Å². The summed E-state index contributed by atoms with van der Waals surface area (Å²) in [5.74, 6) is -1.06. The Kier molecular flexibility index (Phi) is 51.9. The molecular formula is C14H30F6Li4O23P4S4. The predicted octanol–water partition coefficient (Wildman–Crippen LogP) is -8.49. The zero-order valence-electron chi connectivity index (χ0n) is 29.6. The van der Waals surface area contributed by atoms with Crippen molar-refractivity contribution in [3.8, 4) is 0 Å². The van der Waals surface area contributed by atoms with E-state index in [0.717, 1.165) is 0 Å². The van der Waals surface area contributed by atoms with Crippen molar-refractivity contribution in [2.24, 2.45) is 0 Å². The van der Waals surface area contributed by atoms with Crippen LogP contribution in [0.25, 0.3) is 0 Å². The Balaban J connectivity index is -0.0000000880. The van der Waals surface area contributed by atoms with Gasteiger partial charge in [-0.3, -0.25) is 39.7 Å². The normalized spacial score (nSPS) is 12.5. The summed E-state index contributed by atoms with van der Waals surface area (Å²) in [7, 11) is -34.4. The maximum atomic E-state index is 11.6. The number of halogens is 6. The minimum absolute atomic E-state index is 0. The molecule has 0 spiro atoms. The van der Waals surface area contributed by atoms with Crippen molar-refractivity contribution in [3.63, 3.8) is 0 Å². The summed E-state index contributed by atoms with van der Waals surface area (Å²) in [5, 5.41) is 0. The molecule has 0 aliphatic heterocycles. The first-order chi connectivity index (χ1) is 22.7. The van der Waals surface area contributed by atoms with Crippen LogP contribution >= 0.6 is 31.8 Å². The Morgan fingerprint density at radius 2 is 0.836 bits per heavy atom. The predicted molar refractivity (Wildman–Crippen MR) is 153 cm³/mol. The van der Waals surface area contributed by atoms with E-state index in [1.165, 1.54) is 0 Å². The van der Waals surface area contributed by atoms with E-state index in [-0.39, 0.29) is 107 Å². The smallest absolute Gasteiger partial charge is 0.772 e. The van der Waals surface area contributed by atoms with Crippen LogP contribution in [-0.2, 0) is 95.8 Å². The molecule has 1 unspecified atom stereocenters. The van der Waals surface area contributed by atoms with Gasteiger partial charge in [-0.1, -0.05) is 11.1 Å². The van der Waals surface area contributed by atoms with Crippen molar-refractivity contribution in [2.75, 3.05) is 64.4 Å². The topological polar surface area (TPSA) is 354 Å². The van der Waals surface area contributed by atoms with Crippen LogP contribution in [0.4, 0.5) is 25.2 Å². The van der Waals surface area contributed by atoms with E-state index in [1.807, 2.05) is 0 Å². The van der Waals surface area contributed by atoms with E-state index in [9.17, 15) is 91.1 Å². The molecule has 0 aromatic carbocycles. The van der Waals surface area contributed by atoms with Crippen LogP contribution in [0.5, 0.6) is 0 Å². The van der Waals surface area contributed by atoms with Crippen molar-refractivity contribution < 1.29 is 202 Å². The molecule has 0 heterocycles. The summed E-state index contributed by atoms with van der Waals surface area (Å²) < 4.78 is 249. The molecule has 0 aromatic rings. The van der Waals surface area contributed by atoms with E-state index in [1.54, 1.807) is 13.8 Å². The summed E-state index contributed by atoms with van der Waals surface area (Å²) in [6.07, 6.45) is -0.461. The fourth-order valence-corrected chi connectivity index (χ4v) is 5.24. The number of phosphoric ester groups is 1. The molecule has 0 rings (SSSR count). The average Bonchev–Trinajstić information content (AvgIpc) is 2.88. The Hall–Kier alpha value is 2.41. The maximum Gasteiger partial charge on any atom is 1.00 e. The van der Waals surface area contributed by atoms with Crippen molar-refractivity contribution in [1.82, 2.24) is 0 Å². The van der Waals surface area contributed by atoms with Gasteiger partial charge >= 0.3 is 107 Å². The molecular weight excluding hydrogens is 930 g/mol. The Bertz CT molecular complexity index is 1440. The largest absolute Gasteiger partial charge is 1.00 e. The third kappa shape index (κ3) is 81.0. The zero-order valence-corrected chi connectivity index (χ0v) is 36.4. The Morgan fingerprint density at radius 1 is 0.527 bits per heavy atom. The number of phosphoric acid groups is 1. The summed E-state index contributed by atoms with van der Waals surface area (Å²) in [6.45, 7) is -0.550. The standard InChI is InChI=1S/C6H15O8PS.C3H7F2O5PS.C3H7F2O4PS.C2H5F2O6PS.4Li/c1-3-11-15(7,12-4-2)13-5-6-14-16(8,9)10;4-11(5,6)10-2-1-3-12(7,8)9;4-10(5,6)9-2-1-3-11(7)8;3-11(4,5)9-1-2-10-12(6,7)8;;;;/h3-6H2,1-2H3,(H,8,9,10);1-3H2,(H,7,8,9);1-3H2,(H,7,8);1-2H2,(H,6,7,8);;;;/q;;;;4*+1/p-4. The van der Waals surface area contributed by atoms with Crippen LogP contribution in [-0.4, -0.2) is 112 Å². The van der Waals surface area contributed by atoms with E-state index < -0.39 is 119 Å². The first-order valence-electron chi connectivity index (χ1n) is 12.3. The van der Waals surface area contributed by atoms with E-state index in [4.69, 9.17) is 9.05 Å². The van der Waals surface area contributed by atoms with Gasteiger partial charge in [-0.2, -0.15) is 0 Å². The first-order valence-corrected chi connectivity index (χ1v) is 23.5. The monoisotopic (exact) mass is 960 g/mol. The molecule has 0 saturated carbocycles. The molecule has 0 amide bonds. The number of hydrogen-bond donors (Lipinski definition) is 0. The first kappa shape index (κ1) is 74.8. The van der Waals surface area contributed by atoms with Gasteiger partial charge in [0.2, 0.25) is 20.8 Å². The molecule has 314 valence electrons. The van der Waals surface area contributed by atoms with Gasteiger partial charge in [0, 0.05) is 11.5 Å². The van der Waals surface area contributed by atoms with Crippen molar-refractivity contribution >= 4 is 73.8 Å². The summed E-state index contributed by atoms with van der Waals surface area (Å²) >= 11 is -2.26. The minimum Gasteiger partial charge on any atom is -0.772 e. The quantitative estimate of drug-likeness (QED) is 0.0165. The van der Waals surface area contributed by atoms with Crippen LogP contribution in [0, 0.1) is 0 Å². The molecule has 23 nitrogen and oxygen atoms in total. The second-order valence-corrected chi connectivity index (χ2v) is 16.9. The van der Waals surface area contributed by atoms with Gasteiger partial charge < -0.3 is 18.2 Å². The van der Waals surface area contributed by atoms with Crippen molar-refractivity contribution in [1.29, 1.82) is 0 Å². The fourth-order valence-electron chi connectivity index (χ4n) is 1.75. The van der Waals surface area contributed by atoms with E-state index in [2.05, 4.69) is 26.5 Å². The van der Waals surface area contributed by atoms with Crippen LogP contribution in [0.3, 0.4) is 0 Å². The molecule has 0 saturated heterocycles. The zero-order chi connectivity index (χ0) is 41.2.